The van der Waals surface area contributed by atoms with Crippen LogP contribution in [0.2, 0.25) is 0 Å². The molecule has 2 aliphatic rings. The smallest absolute Gasteiger partial charge is 0.243 e. The van der Waals surface area contributed by atoms with Crippen molar-refractivity contribution in [3.05, 3.63) is 29.8 Å². The number of carbonyl (C=O) groups is 2. The summed E-state index contributed by atoms with van der Waals surface area (Å²) in [4.78, 5) is 22.9. The maximum atomic E-state index is 11.6. The van der Waals surface area contributed by atoms with E-state index in [0.29, 0.717) is 13.0 Å². The first-order valence-corrected chi connectivity index (χ1v) is 6.61. The van der Waals surface area contributed by atoms with E-state index in [4.69, 9.17) is 9.47 Å². The minimum absolute atomic E-state index is 0.0609. The fourth-order valence-corrected chi connectivity index (χ4v) is 2.06. The Labute approximate surface area is 116 Å². The van der Waals surface area contributed by atoms with E-state index >= 15 is 0 Å². The molecule has 20 heavy (non-hydrogen) atoms. The van der Waals surface area contributed by atoms with Gasteiger partial charge in [-0.3, -0.25) is 9.59 Å². The highest BCUT2D eigenvalue weighted by Crippen LogP contribution is 2.16. The molecular formula is C14H16N2O4. The zero-order valence-electron chi connectivity index (χ0n) is 10.9. The molecule has 1 aromatic rings. The molecule has 0 saturated carbocycles. The lowest BCUT2D eigenvalue weighted by atomic mass is 10.0. The molecule has 106 valence electrons. The second-order valence-corrected chi connectivity index (χ2v) is 4.95. The number of amides is 2. The lowest BCUT2D eigenvalue weighted by Crippen LogP contribution is -2.56. The van der Waals surface area contributed by atoms with Gasteiger partial charge >= 0.3 is 0 Å². The molecule has 1 aromatic carbocycles. The van der Waals surface area contributed by atoms with Gasteiger partial charge in [0.05, 0.1) is 13.2 Å². The van der Waals surface area contributed by atoms with Crippen molar-refractivity contribution in [3.63, 3.8) is 0 Å². The molecule has 0 bridgehead atoms. The van der Waals surface area contributed by atoms with E-state index < -0.39 is 6.04 Å². The number of epoxide rings is 1. The number of carbonyl (C=O) groups excluding carboxylic acids is 2. The predicted molar refractivity (Wildman–Crippen MR) is 70.3 cm³/mol. The van der Waals surface area contributed by atoms with Crippen molar-refractivity contribution in [3.8, 4) is 5.75 Å². The van der Waals surface area contributed by atoms with Crippen molar-refractivity contribution in [2.75, 3.05) is 19.8 Å². The molecule has 0 radical (unpaired) electrons. The Hall–Kier alpha value is -2.08. The van der Waals surface area contributed by atoms with Crippen LogP contribution in [0.5, 0.6) is 5.75 Å². The van der Waals surface area contributed by atoms with Crippen LogP contribution < -0.4 is 15.4 Å². The van der Waals surface area contributed by atoms with Gasteiger partial charge in [-0.05, 0) is 17.7 Å². The fraction of sp³-hybridized carbons (Fsp3) is 0.429. The van der Waals surface area contributed by atoms with Crippen LogP contribution >= 0.6 is 0 Å². The summed E-state index contributed by atoms with van der Waals surface area (Å²) in [5, 5.41) is 5.24. The van der Waals surface area contributed by atoms with Crippen LogP contribution in [0.25, 0.3) is 0 Å². The van der Waals surface area contributed by atoms with E-state index in [9.17, 15) is 9.59 Å². The second kappa shape index (κ2) is 5.50. The SMILES string of the molecule is O=C1CNC(=O)C(Cc2ccc(OCC3CO3)cc2)N1. The molecule has 2 amide bonds. The fourth-order valence-electron chi connectivity index (χ4n) is 2.06. The third-order valence-electron chi connectivity index (χ3n) is 3.28. The van der Waals surface area contributed by atoms with Crippen molar-refractivity contribution in [1.29, 1.82) is 0 Å². The van der Waals surface area contributed by atoms with Gasteiger partial charge in [-0.25, -0.2) is 0 Å². The average molecular weight is 276 g/mol. The Bertz CT molecular complexity index is 510. The molecule has 2 unspecified atom stereocenters. The number of hydrogen-bond acceptors (Lipinski definition) is 4. The molecule has 6 nitrogen and oxygen atoms in total. The molecule has 0 aromatic heterocycles. The summed E-state index contributed by atoms with van der Waals surface area (Å²) in [5.41, 5.74) is 0.974. The summed E-state index contributed by atoms with van der Waals surface area (Å²) in [5.74, 6) is 0.483. The normalized spacial score (nSPS) is 24.8. The first-order chi connectivity index (χ1) is 9.70. The van der Waals surface area contributed by atoms with E-state index in [1.165, 1.54) is 0 Å². The summed E-state index contributed by atoms with van der Waals surface area (Å²) in [6.45, 7) is 1.40. The molecule has 2 N–H and O–H groups in total. The van der Waals surface area contributed by atoms with Gasteiger partial charge in [0.1, 0.15) is 24.5 Å². The third-order valence-corrected chi connectivity index (χ3v) is 3.28. The lowest BCUT2D eigenvalue weighted by Gasteiger charge is -2.23. The zero-order valence-corrected chi connectivity index (χ0v) is 10.9. The maximum Gasteiger partial charge on any atom is 0.243 e. The Balaban J connectivity index is 1.56. The van der Waals surface area contributed by atoms with Crippen molar-refractivity contribution in [2.45, 2.75) is 18.6 Å². The summed E-state index contributed by atoms with van der Waals surface area (Å²) in [6, 6.07) is 7.03. The first kappa shape index (κ1) is 12.9. The van der Waals surface area contributed by atoms with Gasteiger partial charge in [0.15, 0.2) is 0 Å². The Morgan fingerprint density at radius 3 is 2.70 bits per heavy atom. The van der Waals surface area contributed by atoms with Gasteiger partial charge in [-0.2, -0.15) is 0 Å². The Kier molecular flexibility index (Phi) is 3.56. The van der Waals surface area contributed by atoms with Crippen molar-refractivity contribution in [2.24, 2.45) is 0 Å². The lowest BCUT2D eigenvalue weighted by molar-refractivity contribution is -0.133. The monoisotopic (exact) mass is 276 g/mol. The van der Waals surface area contributed by atoms with E-state index in [-0.39, 0.29) is 24.5 Å². The highest BCUT2D eigenvalue weighted by atomic mass is 16.6. The number of ether oxygens (including phenoxy) is 2. The predicted octanol–water partition coefficient (Wildman–Crippen LogP) is -0.379. The summed E-state index contributed by atoms with van der Waals surface area (Å²) in [7, 11) is 0. The Morgan fingerprint density at radius 2 is 2.00 bits per heavy atom. The molecule has 3 rings (SSSR count). The topological polar surface area (TPSA) is 80.0 Å². The summed E-state index contributed by atoms with van der Waals surface area (Å²) < 4.78 is 10.6. The van der Waals surface area contributed by atoms with E-state index in [1.807, 2.05) is 24.3 Å². The number of benzene rings is 1. The van der Waals surface area contributed by atoms with Gasteiger partial charge in [0.2, 0.25) is 11.8 Å². The largest absolute Gasteiger partial charge is 0.491 e. The zero-order chi connectivity index (χ0) is 13.9. The molecule has 0 aliphatic carbocycles. The summed E-state index contributed by atoms with van der Waals surface area (Å²) in [6.07, 6.45) is 0.708. The number of hydrogen-bond donors (Lipinski definition) is 2. The molecule has 2 fully saturated rings. The second-order valence-electron chi connectivity index (χ2n) is 4.95. The standard InChI is InChI=1S/C14H16N2O4/c17-13-6-15-14(18)12(16-13)5-9-1-3-10(4-2-9)19-7-11-8-20-11/h1-4,11-12H,5-8H2,(H,15,18)(H,16,17). The van der Waals surface area contributed by atoms with E-state index in [0.717, 1.165) is 17.9 Å². The minimum Gasteiger partial charge on any atom is -0.491 e. The van der Waals surface area contributed by atoms with Crippen LogP contribution in [0.4, 0.5) is 0 Å². The molecule has 2 saturated heterocycles. The van der Waals surface area contributed by atoms with Crippen LogP contribution in [0.15, 0.2) is 24.3 Å². The van der Waals surface area contributed by atoms with Crippen molar-refractivity contribution < 1.29 is 19.1 Å². The van der Waals surface area contributed by atoms with Gasteiger partial charge in [0, 0.05) is 6.42 Å². The number of nitrogens with one attached hydrogen (secondary N) is 2. The quantitative estimate of drug-likeness (QED) is 0.719. The molecule has 2 atom stereocenters. The molecule has 0 spiro atoms. The van der Waals surface area contributed by atoms with E-state index in [1.54, 1.807) is 0 Å². The minimum atomic E-state index is -0.497. The number of rotatable bonds is 5. The van der Waals surface area contributed by atoms with Crippen LogP contribution in [0.1, 0.15) is 5.56 Å². The van der Waals surface area contributed by atoms with E-state index in [2.05, 4.69) is 10.6 Å². The van der Waals surface area contributed by atoms with Crippen LogP contribution in [0, 0.1) is 0 Å². The number of piperazine rings is 1. The Morgan fingerprint density at radius 1 is 1.25 bits per heavy atom. The van der Waals surface area contributed by atoms with Gasteiger partial charge < -0.3 is 20.1 Å². The van der Waals surface area contributed by atoms with Crippen molar-refractivity contribution in [1.82, 2.24) is 10.6 Å². The molecule has 2 aliphatic heterocycles. The van der Waals surface area contributed by atoms with Gasteiger partial charge in [-0.1, -0.05) is 12.1 Å². The van der Waals surface area contributed by atoms with Gasteiger partial charge in [0.25, 0.3) is 0 Å². The highest BCUT2D eigenvalue weighted by Gasteiger charge is 2.26. The highest BCUT2D eigenvalue weighted by molar-refractivity contribution is 5.94. The first-order valence-electron chi connectivity index (χ1n) is 6.61. The molecule has 6 heteroatoms. The maximum absolute atomic E-state index is 11.6. The van der Waals surface area contributed by atoms with Gasteiger partial charge in [-0.15, -0.1) is 0 Å². The van der Waals surface area contributed by atoms with Crippen molar-refractivity contribution >= 4 is 11.8 Å². The molecular weight excluding hydrogens is 260 g/mol. The third kappa shape index (κ3) is 3.27. The molecule has 2 heterocycles. The summed E-state index contributed by atoms with van der Waals surface area (Å²) >= 11 is 0. The van der Waals surface area contributed by atoms with Crippen LogP contribution in [-0.4, -0.2) is 43.7 Å². The van der Waals surface area contributed by atoms with Crippen LogP contribution in [0.3, 0.4) is 0 Å². The van der Waals surface area contributed by atoms with Crippen LogP contribution in [-0.2, 0) is 20.7 Å². The average Bonchev–Trinajstić information content (AvgIpc) is 3.26.